The van der Waals surface area contributed by atoms with Gasteiger partial charge in [-0.25, -0.2) is 0 Å². The largest absolute Gasteiger partial charge is 0.481 e. The number of benzene rings is 2. The molecule has 5 rings (SSSR count). The van der Waals surface area contributed by atoms with Gasteiger partial charge in [-0.1, -0.05) is 48.7 Å². The predicted octanol–water partition coefficient (Wildman–Crippen LogP) is 4.95. The summed E-state index contributed by atoms with van der Waals surface area (Å²) in [7, 11) is 0. The minimum Gasteiger partial charge on any atom is -0.481 e. The van der Waals surface area contributed by atoms with E-state index >= 15 is 0 Å². The van der Waals surface area contributed by atoms with E-state index in [0.717, 1.165) is 56.3 Å². The van der Waals surface area contributed by atoms with Gasteiger partial charge in [0, 0.05) is 19.0 Å². The van der Waals surface area contributed by atoms with Crippen LogP contribution in [0, 0.1) is 18.8 Å². The van der Waals surface area contributed by atoms with Crippen LogP contribution in [0.2, 0.25) is 0 Å². The zero-order valence-electron chi connectivity index (χ0n) is 20.4. The first-order valence-corrected chi connectivity index (χ1v) is 12.9. The summed E-state index contributed by atoms with van der Waals surface area (Å²) < 4.78 is 6.08. The van der Waals surface area contributed by atoms with Crippen molar-refractivity contribution in [3.63, 3.8) is 0 Å². The molecule has 34 heavy (non-hydrogen) atoms. The zero-order chi connectivity index (χ0) is 23.7. The highest BCUT2D eigenvalue weighted by Crippen LogP contribution is 2.40. The van der Waals surface area contributed by atoms with Gasteiger partial charge in [0.25, 0.3) is 5.91 Å². The molecule has 0 bridgehead atoms. The maximum Gasteiger partial charge on any atom is 0.260 e. The Kier molecular flexibility index (Phi) is 6.62. The molecule has 2 aromatic rings. The van der Waals surface area contributed by atoms with Crippen LogP contribution in [0.3, 0.4) is 0 Å². The van der Waals surface area contributed by atoms with E-state index in [1.807, 2.05) is 6.07 Å². The van der Waals surface area contributed by atoms with Crippen molar-refractivity contribution in [1.29, 1.82) is 0 Å². The number of amides is 2. The van der Waals surface area contributed by atoms with Crippen LogP contribution in [0.4, 0.5) is 0 Å². The van der Waals surface area contributed by atoms with E-state index < -0.39 is 6.10 Å². The molecular weight excluding hydrogens is 424 g/mol. The van der Waals surface area contributed by atoms with E-state index in [4.69, 9.17) is 4.74 Å². The number of carbonyl (C=O) groups excluding carboxylic acids is 2. The van der Waals surface area contributed by atoms with Crippen molar-refractivity contribution in [2.24, 2.45) is 11.8 Å². The van der Waals surface area contributed by atoms with Crippen molar-refractivity contribution < 1.29 is 14.3 Å². The van der Waals surface area contributed by atoms with Crippen LogP contribution >= 0.6 is 0 Å². The van der Waals surface area contributed by atoms with E-state index in [9.17, 15) is 9.59 Å². The number of fused-ring (bicyclic) bond motifs is 1. The van der Waals surface area contributed by atoms with Crippen molar-refractivity contribution in [3.8, 4) is 5.75 Å². The van der Waals surface area contributed by atoms with Gasteiger partial charge in [-0.05, 0) is 80.7 Å². The average molecular weight is 461 g/mol. The fraction of sp³-hybridized carbons (Fsp3) is 0.517. The van der Waals surface area contributed by atoms with E-state index in [-0.39, 0.29) is 23.8 Å². The number of aryl methyl sites for hydroxylation is 1. The van der Waals surface area contributed by atoms with E-state index in [1.54, 1.807) is 6.92 Å². The van der Waals surface area contributed by atoms with Gasteiger partial charge in [0.05, 0.1) is 6.04 Å². The quantitative estimate of drug-likeness (QED) is 0.636. The number of nitrogens with zero attached hydrogens (tertiary/aromatic N) is 1. The number of rotatable bonds is 7. The lowest BCUT2D eigenvalue weighted by Crippen LogP contribution is -2.43. The van der Waals surface area contributed by atoms with E-state index in [1.165, 1.54) is 24.0 Å². The Morgan fingerprint density at radius 3 is 2.62 bits per heavy atom. The highest BCUT2D eigenvalue weighted by atomic mass is 16.5. The van der Waals surface area contributed by atoms with Gasteiger partial charge < -0.3 is 15.0 Å². The van der Waals surface area contributed by atoms with Crippen molar-refractivity contribution in [3.05, 3.63) is 64.7 Å². The fourth-order valence-electron chi connectivity index (χ4n) is 5.48. The normalized spacial score (nSPS) is 21.1. The molecule has 2 fully saturated rings. The molecule has 2 saturated carbocycles. The first kappa shape index (κ1) is 22.9. The lowest BCUT2D eigenvalue weighted by Gasteiger charge is -2.39. The molecule has 5 nitrogen and oxygen atoms in total. The number of carbonyl (C=O) groups is 2. The minimum atomic E-state index is -0.561. The molecule has 0 saturated heterocycles. The molecule has 1 N–H and O–H groups in total. The van der Waals surface area contributed by atoms with Crippen molar-refractivity contribution in [2.75, 3.05) is 13.1 Å². The van der Waals surface area contributed by atoms with Gasteiger partial charge in [0.1, 0.15) is 5.75 Å². The maximum absolute atomic E-state index is 13.6. The number of hydrogen-bond acceptors (Lipinski definition) is 3. The van der Waals surface area contributed by atoms with E-state index in [2.05, 4.69) is 53.5 Å². The Balaban J connectivity index is 1.42. The SMILES string of the molecule is Cc1cccc([C@H]2c3cc(O[C@@H](C)C(=O)NCC4CC4)ccc3CCN2C(=O)C2CCCC2)c1. The molecular formula is C29H36N2O3. The molecule has 1 aliphatic heterocycles. The molecule has 180 valence electrons. The number of hydrogen-bond donors (Lipinski definition) is 1. The highest BCUT2D eigenvalue weighted by molar-refractivity contribution is 5.81. The maximum atomic E-state index is 13.6. The molecule has 5 heteroatoms. The number of ether oxygens (including phenoxy) is 1. The minimum absolute atomic E-state index is 0.0714. The molecule has 2 aliphatic carbocycles. The van der Waals surface area contributed by atoms with Crippen LogP contribution in [-0.2, 0) is 16.0 Å². The zero-order valence-corrected chi connectivity index (χ0v) is 20.4. The van der Waals surface area contributed by atoms with Crippen LogP contribution in [0.25, 0.3) is 0 Å². The van der Waals surface area contributed by atoms with Gasteiger partial charge in [-0.2, -0.15) is 0 Å². The van der Waals surface area contributed by atoms with Gasteiger partial charge in [0.2, 0.25) is 5.91 Å². The summed E-state index contributed by atoms with van der Waals surface area (Å²) in [5.41, 5.74) is 4.69. The van der Waals surface area contributed by atoms with Gasteiger partial charge in [0.15, 0.2) is 6.10 Å². The highest BCUT2D eigenvalue weighted by Gasteiger charge is 2.36. The monoisotopic (exact) mass is 460 g/mol. The summed E-state index contributed by atoms with van der Waals surface area (Å²) >= 11 is 0. The van der Waals surface area contributed by atoms with Crippen molar-refractivity contribution in [2.45, 2.75) is 70.9 Å². The lowest BCUT2D eigenvalue weighted by molar-refractivity contribution is -0.137. The Hall–Kier alpha value is -2.82. The van der Waals surface area contributed by atoms with E-state index in [0.29, 0.717) is 11.7 Å². The second-order valence-electron chi connectivity index (χ2n) is 10.4. The number of nitrogens with one attached hydrogen (secondary N) is 1. The summed E-state index contributed by atoms with van der Waals surface area (Å²) in [5, 5.41) is 3.00. The third-order valence-electron chi connectivity index (χ3n) is 7.63. The molecule has 0 spiro atoms. The van der Waals surface area contributed by atoms with Gasteiger partial charge >= 0.3 is 0 Å². The van der Waals surface area contributed by atoms with Gasteiger partial charge in [-0.3, -0.25) is 9.59 Å². The molecule has 3 aliphatic rings. The summed E-state index contributed by atoms with van der Waals surface area (Å²) in [4.78, 5) is 28.2. The van der Waals surface area contributed by atoms with Crippen molar-refractivity contribution >= 4 is 11.8 Å². The topological polar surface area (TPSA) is 58.6 Å². The fourth-order valence-corrected chi connectivity index (χ4v) is 5.48. The Labute approximate surface area is 202 Å². The van der Waals surface area contributed by atoms with Crippen LogP contribution in [-0.4, -0.2) is 35.9 Å². The molecule has 2 aromatic carbocycles. The second-order valence-corrected chi connectivity index (χ2v) is 10.4. The Morgan fingerprint density at radius 1 is 1.09 bits per heavy atom. The molecule has 0 radical (unpaired) electrons. The summed E-state index contributed by atoms with van der Waals surface area (Å²) in [6.07, 6.45) is 6.98. The molecule has 0 aromatic heterocycles. The second kappa shape index (κ2) is 9.81. The van der Waals surface area contributed by atoms with Gasteiger partial charge in [-0.15, -0.1) is 0 Å². The first-order chi connectivity index (χ1) is 16.5. The van der Waals surface area contributed by atoms with Crippen LogP contribution < -0.4 is 10.1 Å². The standard InChI is InChI=1S/C29H36N2O3/c1-19-6-5-9-24(16-19)27-26-17-25(34-20(2)28(32)30-18-21-10-11-21)13-12-22(26)14-15-31(27)29(33)23-7-3-4-8-23/h5-6,9,12-13,16-17,20-21,23,27H,3-4,7-8,10-11,14-15,18H2,1-2H3,(H,30,32)/t20-,27-/m0/s1. The summed E-state index contributed by atoms with van der Waals surface area (Å²) in [5.74, 6) is 1.68. The summed E-state index contributed by atoms with van der Waals surface area (Å²) in [6, 6.07) is 14.5. The smallest absolute Gasteiger partial charge is 0.260 e. The van der Waals surface area contributed by atoms with Crippen LogP contribution in [0.15, 0.2) is 42.5 Å². The summed E-state index contributed by atoms with van der Waals surface area (Å²) in [6.45, 7) is 5.37. The third-order valence-corrected chi connectivity index (χ3v) is 7.63. The lowest BCUT2D eigenvalue weighted by atomic mass is 9.86. The van der Waals surface area contributed by atoms with Crippen LogP contribution in [0.5, 0.6) is 5.75 Å². The average Bonchev–Trinajstić information content (AvgIpc) is 3.51. The Bertz CT molecular complexity index is 1060. The molecule has 2 amide bonds. The predicted molar refractivity (Wildman–Crippen MR) is 133 cm³/mol. The molecule has 0 unspecified atom stereocenters. The third kappa shape index (κ3) is 4.98. The van der Waals surface area contributed by atoms with Crippen LogP contribution in [0.1, 0.15) is 73.7 Å². The molecule has 2 atom stereocenters. The first-order valence-electron chi connectivity index (χ1n) is 12.9. The Morgan fingerprint density at radius 2 is 1.88 bits per heavy atom. The van der Waals surface area contributed by atoms with Crippen molar-refractivity contribution in [1.82, 2.24) is 10.2 Å². The molecule has 1 heterocycles.